The first kappa shape index (κ1) is 23.1. The summed E-state index contributed by atoms with van der Waals surface area (Å²) in [5.74, 6) is -1.71. The van der Waals surface area contributed by atoms with Gasteiger partial charge in [0.15, 0.2) is 5.12 Å². The molecule has 1 amide bonds. The number of carboxylic acid groups (broad SMARTS) is 1. The van der Waals surface area contributed by atoms with Gasteiger partial charge in [-0.15, -0.1) is 0 Å². The molecule has 0 saturated carbocycles. The Balaban J connectivity index is 1.75. The number of carboxylic acids is 1. The maximum atomic E-state index is 13.0. The zero-order valence-electron chi connectivity index (χ0n) is 16.9. The van der Waals surface area contributed by atoms with Crippen LogP contribution in [0.15, 0.2) is 59.2 Å². The lowest BCUT2D eigenvalue weighted by atomic mass is 9.99. The molecule has 0 aliphatic rings. The number of carbonyl (C=O) groups excluding carboxylic acids is 2. The van der Waals surface area contributed by atoms with E-state index in [0.717, 1.165) is 38.3 Å². The highest BCUT2D eigenvalue weighted by Crippen LogP contribution is 2.21. The van der Waals surface area contributed by atoms with Gasteiger partial charge in [0, 0.05) is 40.7 Å². The molecule has 0 fully saturated rings. The number of nitrogens with one attached hydrogen (secondary N) is 2. The van der Waals surface area contributed by atoms with Crippen LogP contribution in [-0.4, -0.2) is 38.9 Å². The molecule has 3 aromatic rings. The molecule has 31 heavy (non-hydrogen) atoms. The van der Waals surface area contributed by atoms with Gasteiger partial charge in [-0.25, -0.2) is 4.79 Å². The average Bonchev–Trinajstić information content (AvgIpc) is 3.14. The lowest BCUT2D eigenvalue weighted by Crippen LogP contribution is -2.46. The van der Waals surface area contributed by atoms with Crippen molar-refractivity contribution in [3.8, 4) is 0 Å². The van der Waals surface area contributed by atoms with Gasteiger partial charge in [-0.3, -0.25) is 9.59 Å². The summed E-state index contributed by atoms with van der Waals surface area (Å²) in [5.41, 5.74) is 2.68. The third kappa shape index (κ3) is 6.45. The molecular formula is C23H23BrN2O4S. The highest BCUT2D eigenvalue weighted by Gasteiger charge is 2.27. The highest BCUT2D eigenvalue weighted by atomic mass is 79.9. The summed E-state index contributed by atoms with van der Waals surface area (Å²) >= 11 is 4.46. The van der Waals surface area contributed by atoms with Crippen LogP contribution in [-0.2, 0) is 27.2 Å². The molecule has 1 aromatic heterocycles. The van der Waals surface area contributed by atoms with E-state index >= 15 is 0 Å². The van der Waals surface area contributed by atoms with Gasteiger partial charge in [-0.2, -0.15) is 0 Å². The van der Waals surface area contributed by atoms with Gasteiger partial charge in [-0.1, -0.05) is 58.0 Å². The van der Waals surface area contributed by atoms with Crippen LogP contribution >= 0.6 is 27.7 Å². The topological polar surface area (TPSA) is 99.3 Å². The molecule has 6 nitrogen and oxygen atoms in total. The summed E-state index contributed by atoms with van der Waals surface area (Å²) in [4.78, 5) is 39.5. The van der Waals surface area contributed by atoms with Crippen molar-refractivity contribution in [1.29, 1.82) is 0 Å². The number of fused-ring (bicyclic) bond motifs is 1. The van der Waals surface area contributed by atoms with Crippen molar-refractivity contribution in [2.75, 3.05) is 5.75 Å². The Hall–Kier alpha value is -2.58. The van der Waals surface area contributed by atoms with Crippen LogP contribution in [0.1, 0.15) is 18.1 Å². The SMILES string of the molecule is CC(=O)SCC(Cc1ccc(Br)cc1)C(=O)N[C@@H](Cc1c[nH]c2ccccc12)C(=O)O. The van der Waals surface area contributed by atoms with Gasteiger partial charge in [0.1, 0.15) is 6.04 Å². The van der Waals surface area contributed by atoms with E-state index in [9.17, 15) is 19.5 Å². The maximum absolute atomic E-state index is 13.0. The molecule has 3 rings (SSSR count). The van der Waals surface area contributed by atoms with Gasteiger partial charge in [-0.05, 0) is 35.7 Å². The Labute approximate surface area is 192 Å². The number of thioether (sulfide) groups is 1. The molecule has 0 radical (unpaired) electrons. The van der Waals surface area contributed by atoms with Gasteiger partial charge < -0.3 is 15.4 Å². The number of rotatable bonds is 9. The Bertz CT molecular complexity index is 1080. The number of aromatic nitrogens is 1. The third-order valence-corrected chi connectivity index (χ3v) is 6.47. The second-order valence-corrected chi connectivity index (χ2v) is 9.41. The van der Waals surface area contributed by atoms with Gasteiger partial charge in [0.25, 0.3) is 0 Å². The average molecular weight is 503 g/mol. The lowest BCUT2D eigenvalue weighted by Gasteiger charge is -2.20. The van der Waals surface area contributed by atoms with Crippen molar-refractivity contribution >= 4 is 55.6 Å². The molecule has 2 atom stereocenters. The predicted molar refractivity (Wildman–Crippen MR) is 126 cm³/mol. The fraction of sp³-hybridized carbons (Fsp3) is 0.261. The molecular weight excluding hydrogens is 480 g/mol. The zero-order chi connectivity index (χ0) is 22.4. The molecule has 0 aliphatic heterocycles. The number of H-pyrrole nitrogens is 1. The molecule has 162 valence electrons. The largest absolute Gasteiger partial charge is 0.480 e. The van der Waals surface area contributed by atoms with E-state index in [1.54, 1.807) is 6.20 Å². The van der Waals surface area contributed by atoms with E-state index in [0.29, 0.717) is 6.42 Å². The van der Waals surface area contributed by atoms with Crippen molar-refractivity contribution in [2.45, 2.75) is 25.8 Å². The summed E-state index contributed by atoms with van der Waals surface area (Å²) in [6, 6.07) is 14.1. The van der Waals surface area contributed by atoms with Crippen LogP contribution in [0.5, 0.6) is 0 Å². The number of amides is 1. The molecule has 0 bridgehead atoms. The second kappa shape index (κ2) is 10.6. The summed E-state index contributed by atoms with van der Waals surface area (Å²) in [5, 5.41) is 13.3. The van der Waals surface area contributed by atoms with Crippen molar-refractivity contribution in [3.63, 3.8) is 0 Å². The van der Waals surface area contributed by atoms with Crippen LogP contribution in [0.3, 0.4) is 0 Å². The van der Waals surface area contributed by atoms with Crippen LogP contribution in [0.25, 0.3) is 10.9 Å². The maximum Gasteiger partial charge on any atom is 0.326 e. The first-order chi connectivity index (χ1) is 14.8. The van der Waals surface area contributed by atoms with Crippen molar-refractivity contribution in [2.24, 2.45) is 5.92 Å². The van der Waals surface area contributed by atoms with Crippen molar-refractivity contribution in [1.82, 2.24) is 10.3 Å². The zero-order valence-corrected chi connectivity index (χ0v) is 19.3. The fourth-order valence-corrected chi connectivity index (χ4v) is 4.33. The van der Waals surface area contributed by atoms with E-state index in [-0.39, 0.29) is 23.2 Å². The monoisotopic (exact) mass is 502 g/mol. The van der Waals surface area contributed by atoms with Gasteiger partial charge in [0.05, 0.1) is 5.92 Å². The van der Waals surface area contributed by atoms with E-state index < -0.39 is 17.9 Å². The second-order valence-electron chi connectivity index (χ2n) is 7.29. The van der Waals surface area contributed by atoms with E-state index in [1.807, 2.05) is 48.5 Å². The number of halogens is 1. The molecule has 3 N–H and O–H groups in total. The van der Waals surface area contributed by atoms with E-state index in [2.05, 4.69) is 26.2 Å². The summed E-state index contributed by atoms with van der Waals surface area (Å²) in [6.07, 6.45) is 2.35. The third-order valence-electron chi connectivity index (χ3n) is 4.97. The first-order valence-electron chi connectivity index (χ1n) is 9.79. The van der Waals surface area contributed by atoms with E-state index in [4.69, 9.17) is 0 Å². The summed E-state index contributed by atoms with van der Waals surface area (Å²) in [6.45, 7) is 1.45. The Morgan fingerprint density at radius 1 is 1.10 bits per heavy atom. The van der Waals surface area contributed by atoms with Crippen LogP contribution in [0.4, 0.5) is 0 Å². The first-order valence-corrected chi connectivity index (χ1v) is 11.6. The number of aliphatic carboxylic acids is 1. The molecule has 0 aliphatic carbocycles. The summed E-state index contributed by atoms with van der Waals surface area (Å²) < 4.78 is 0.931. The predicted octanol–water partition coefficient (Wildman–Crippen LogP) is 4.18. The smallest absolute Gasteiger partial charge is 0.326 e. The van der Waals surface area contributed by atoms with Crippen LogP contribution in [0.2, 0.25) is 0 Å². The number of carbonyl (C=O) groups is 3. The minimum atomic E-state index is -1.10. The normalized spacial score (nSPS) is 13.0. The van der Waals surface area contributed by atoms with Crippen molar-refractivity contribution < 1.29 is 19.5 Å². The molecule has 2 aromatic carbocycles. The number of aromatic amines is 1. The van der Waals surface area contributed by atoms with Gasteiger partial charge >= 0.3 is 5.97 Å². The Kier molecular flexibility index (Phi) is 7.92. The Morgan fingerprint density at radius 3 is 2.48 bits per heavy atom. The minimum Gasteiger partial charge on any atom is -0.480 e. The van der Waals surface area contributed by atoms with Gasteiger partial charge in [0.2, 0.25) is 5.91 Å². The fourth-order valence-electron chi connectivity index (χ4n) is 3.36. The van der Waals surface area contributed by atoms with Crippen LogP contribution < -0.4 is 5.32 Å². The van der Waals surface area contributed by atoms with Crippen molar-refractivity contribution in [3.05, 3.63) is 70.3 Å². The molecule has 0 saturated heterocycles. The number of benzene rings is 2. The Morgan fingerprint density at radius 2 is 1.81 bits per heavy atom. The van der Waals surface area contributed by atoms with Crippen LogP contribution in [0, 0.1) is 5.92 Å². The summed E-state index contributed by atoms with van der Waals surface area (Å²) in [7, 11) is 0. The number of hydrogen-bond donors (Lipinski definition) is 3. The number of hydrogen-bond acceptors (Lipinski definition) is 4. The molecule has 1 unspecified atom stereocenters. The van der Waals surface area contributed by atoms with E-state index in [1.165, 1.54) is 6.92 Å². The minimum absolute atomic E-state index is 0.0813. The quantitative estimate of drug-likeness (QED) is 0.407. The molecule has 8 heteroatoms. The molecule has 0 spiro atoms. The standard InChI is InChI=1S/C23H23BrN2O4S/c1-14(27)31-13-17(10-15-6-8-18(24)9-7-15)22(28)26-21(23(29)30)11-16-12-25-20-5-3-2-4-19(16)20/h2-9,12,17,21,25H,10-11,13H2,1H3,(H,26,28)(H,29,30)/t17?,21-/m0/s1. The number of para-hydroxylation sites is 1. The lowest BCUT2D eigenvalue weighted by molar-refractivity contribution is -0.142. The molecule has 1 heterocycles. The highest BCUT2D eigenvalue weighted by molar-refractivity contribution is 9.10.